The Morgan fingerprint density at radius 3 is 2.53 bits per heavy atom. The van der Waals surface area contributed by atoms with Gasteiger partial charge in [-0.3, -0.25) is 4.79 Å². The number of hydrogen-bond acceptors (Lipinski definition) is 4. The van der Waals surface area contributed by atoms with Gasteiger partial charge in [-0.1, -0.05) is 42.5 Å². The Morgan fingerprint density at radius 1 is 1.37 bits per heavy atom. The average molecular weight is 272 g/mol. The average Bonchev–Trinajstić information content (AvgIpc) is 2.38. The summed E-state index contributed by atoms with van der Waals surface area (Å²) >= 11 is 5.12. The Morgan fingerprint density at radius 2 is 2.00 bits per heavy atom. The fourth-order valence-corrected chi connectivity index (χ4v) is 2.57. The summed E-state index contributed by atoms with van der Waals surface area (Å²) in [6.45, 7) is 0. The first kappa shape index (κ1) is 13.1. The number of rotatable bonds is 2. The van der Waals surface area contributed by atoms with Gasteiger partial charge in [-0.15, -0.1) is 0 Å². The molecule has 1 heterocycles. The molecule has 0 spiro atoms. The zero-order chi connectivity index (χ0) is 14.0. The SMILES string of the molecule is N#CC1=C(N)NC(=S)[C@@H](C(N)=O)[C@H]1c1ccccc1. The van der Waals surface area contributed by atoms with E-state index in [0.29, 0.717) is 0 Å². The molecule has 6 heteroatoms. The molecule has 0 fully saturated rings. The van der Waals surface area contributed by atoms with Crippen molar-refractivity contribution < 1.29 is 4.79 Å². The number of allylic oxidation sites excluding steroid dienone is 1. The van der Waals surface area contributed by atoms with Gasteiger partial charge in [-0.25, -0.2) is 0 Å². The predicted octanol–water partition coefficient (Wildman–Crippen LogP) is 0.496. The van der Waals surface area contributed by atoms with E-state index in [2.05, 4.69) is 5.32 Å². The van der Waals surface area contributed by atoms with E-state index in [-0.39, 0.29) is 16.4 Å². The van der Waals surface area contributed by atoms with Gasteiger partial charge in [0.15, 0.2) is 0 Å². The van der Waals surface area contributed by atoms with E-state index in [1.807, 2.05) is 36.4 Å². The molecule has 0 aromatic heterocycles. The zero-order valence-corrected chi connectivity index (χ0v) is 10.8. The van der Waals surface area contributed by atoms with Crippen molar-refractivity contribution in [1.82, 2.24) is 5.32 Å². The summed E-state index contributed by atoms with van der Waals surface area (Å²) in [6, 6.07) is 11.2. The van der Waals surface area contributed by atoms with Crippen molar-refractivity contribution in [3.63, 3.8) is 0 Å². The second-order valence-corrected chi connectivity index (χ2v) is 4.64. The molecule has 5 N–H and O–H groups in total. The molecule has 1 aliphatic heterocycles. The van der Waals surface area contributed by atoms with Crippen molar-refractivity contribution in [1.29, 1.82) is 5.26 Å². The Kier molecular flexibility index (Phi) is 3.49. The Labute approximate surface area is 115 Å². The van der Waals surface area contributed by atoms with Gasteiger partial charge >= 0.3 is 0 Å². The van der Waals surface area contributed by atoms with E-state index in [9.17, 15) is 10.1 Å². The molecule has 5 nitrogen and oxygen atoms in total. The number of benzene rings is 1. The molecule has 0 unspecified atom stereocenters. The molecule has 1 aromatic carbocycles. The van der Waals surface area contributed by atoms with E-state index in [0.717, 1.165) is 5.56 Å². The van der Waals surface area contributed by atoms with Crippen LogP contribution >= 0.6 is 12.2 Å². The number of hydrogen-bond donors (Lipinski definition) is 3. The molecule has 0 radical (unpaired) electrons. The van der Waals surface area contributed by atoms with Gasteiger partial charge in [0.05, 0.1) is 16.6 Å². The van der Waals surface area contributed by atoms with Crippen LogP contribution in [0.15, 0.2) is 41.7 Å². The highest BCUT2D eigenvalue weighted by atomic mass is 32.1. The number of nitrogens with two attached hydrogens (primary N) is 2. The zero-order valence-electron chi connectivity index (χ0n) is 9.96. The Balaban J connectivity index is 2.61. The van der Waals surface area contributed by atoms with E-state index in [1.165, 1.54) is 0 Å². The lowest BCUT2D eigenvalue weighted by atomic mass is 9.78. The Hall–Kier alpha value is -2.39. The monoisotopic (exact) mass is 272 g/mol. The van der Waals surface area contributed by atoms with Crippen molar-refractivity contribution in [3.05, 3.63) is 47.3 Å². The Bertz CT molecular complexity index is 603. The third-order valence-corrected chi connectivity index (χ3v) is 3.42. The van der Waals surface area contributed by atoms with Crippen molar-refractivity contribution >= 4 is 23.1 Å². The van der Waals surface area contributed by atoms with Crippen LogP contribution < -0.4 is 16.8 Å². The van der Waals surface area contributed by atoms with Gasteiger partial charge in [0.1, 0.15) is 11.7 Å². The predicted molar refractivity (Wildman–Crippen MR) is 74.4 cm³/mol. The summed E-state index contributed by atoms with van der Waals surface area (Å²) in [4.78, 5) is 11.9. The second-order valence-electron chi connectivity index (χ2n) is 4.20. The smallest absolute Gasteiger partial charge is 0.228 e. The molecule has 2 rings (SSSR count). The minimum absolute atomic E-state index is 0.179. The number of thiocarbonyl (C=S) groups is 1. The van der Waals surface area contributed by atoms with Crippen LogP contribution in [0.25, 0.3) is 0 Å². The fraction of sp³-hybridized carbons (Fsp3) is 0.154. The first-order chi connectivity index (χ1) is 9.06. The number of primary amides is 1. The summed E-state index contributed by atoms with van der Waals surface area (Å²) in [7, 11) is 0. The van der Waals surface area contributed by atoms with Gasteiger partial charge < -0.3 is 16.8 Å². The van der Waals surface area contributed by atoms with Crippen LogP contribution in [0, 0.1) is 17.2 Å². The number of nitriles is 1. The molecular weight excluding hydrogens is 260 g/mol. The van der Waals surface area contributed by atoms with Crippen LogP contribution in [0.2, 0.25) is 0 Å². The van der Waals surface area contributed by atoms with Crippen molar-refractivity contribution in [3.8, 4) is 6.07 Å². The van der Waals surface area contributed by atoms with Gasteiger partial charge in [-0.2, -0.15) is 5.26 Å². The molecule has 1 aromatic rings. The van der Waals surface area contributed by atoms with E-state index in [1.54, 1.807) is 0 Å². The van der Waals surface area contributed by atoms with Crippen LogP contribution in [-0.4, -0.2) is 10.9 Å². The summed E-state index contributed by atoms with van der Waals surface area (Å²) < 4.78 is 0. The van der Waals surface area contributed by atoms with Crippen molar-refractivity contribution in [2.75, 3.05) is 0 Å². The van der Waals surface area contributed by atoms with E-state index in [4.69, 9.17) is 23.7 Å². The minimum atomic E-state index is -0.764. The summed E-state index contributed by atoms with van der Waals surface area (Å²) in [5, 5.41) is 11.9. The van der Waals surface area contributed by atoms with Crippen LogP contribution in [0.3, 0.4) is 0 Å². The topological polar surface area (TPSA) is 105 Å². The number of carbonyl (C=O) groups excluding carboxylic acids is 1. The quantitative estimate of drug-likeness (QED) is 0.680. The first-order valence-electron chi connectivity index (χ1n) is 5.61. The molecule has 0 aliphatic carbocycles. The largest absolute Gasteiger partial charge is 0.384 e. The molecule has 1 amide bonds. The molecule has 0 saturated heterocycles. The molecule has 0 saturated carbocycles. The summed E-state index contributed by atoms with van der Waals surface area (Å²) in [5.74, 6) is -1.69. The highest BCUT2D eigenvalue weighted by molar-refractivity contribution is 7.80. The number of nitrogens with one attached hydrogen (secondary N) is 1. The van der Waals surface area contributed by atoms with Crippen molar-refractivity contribution in [2.24, 2.45) is 17.4 Å². The van der Waals surface area contributed by atoms with Crippen LogP contribution in [0.5, 0.6) is 0 Å². The molecule has 0 bridgehead atoms. The lowest BCUT2D eigenvalue weighted by Gasteiger charge is -2.31. The van der Waals surface area contributed by atoms with Gasteiger partial charge in [0.2, 0.25) is 5.91 Å². The van der Waals surface area contributed by atoms with Gasteiger partial charge in [0, 0.05) is 5.92 Å². The third-order valence-electron chi connectivity index (χ3n) is 3.06. The normalized spacial score (nSPS) is 22.6. The number of amides is 1. The highest BCUT2D eigenvalue weighted by Gasteiger charge is 2.39. The lowest BCUT2D eigenvalue weighted by molar-refractivity contribution is -0.120. The summed E-state index contributed by atoms with van der Waals surface area (Å²) in [6.07, 6.45) is 0. The molecule has 96 valence electrons. The van der Waals surface area contributed by atoms with Crippen LogP contribution in [0.4, 0.5) is 0 Å². The fourth-order valence-electron chi connectivity index (χ4n) is 2.21. The van der Waals surface area contributed by atoms with Crippen molar-refractivity contribution in [2.45, 2.75) is 5.92 Å². The molecule has 1 aliphatic rings. The maximum atomic E-state index is 11.6. The molecular formula is C13H12N4OS. The van der Waals surface area contributed by atoms with E-state index < -0.39 is 17.7 Å². The lowest BCUT2D eigenvalue weighted by Crippen LogP contribution is -2.47. The van der Waals surface area contributed by atoms with Crippen LogP contribution in [-0.2, 0) is 4.79 Å². The van der Waals surface area contributed by atoms with E-state index >= 15 is 0 Å². The number of nitrogens with zero attached hydrogens (tertiary/aromatic N) is 1. The highest BCUT2D eigenvalue weighted by Crippen LogP contribution is 2.35. The van der Waals surface area contributed by atoms with Crippen LogP contribution in [0.1, 0.15) is 11.5 Å². The molecule has 19 heavy (non-hydrogen) atoms. The first-order valence-corrected chi connectivity index (χ1v) is 6.02. The molecule has 2 atom stereocenters. The van der Waals surface area contributed by atoms with Gasteiger partial charge in [0.25, 0.3) is 0 Å². The maximum Gasteiger partial charge on any atom is 0.228 e. The maximum absolute atomic E-state index is 11.6. The third kappa shape index (κ3) is 2.28. The standard InChI is InChI=1S/C13H12N4OS/c14-6-8-9(7-4-2-1-3-5-7)10(12(16)18)13(19)17-11(8)15/h1-5,9-10H,15H2,(H2,16,18)(H,17,19)/t9-,10+/m0/s1. The summed E-state index contributed by atoms with van der Waals surface area (Å²) in [5.41, 5.74) is 12.3. The minimum Gasteiger partial charge on any atom is -0.384 e. The van der Waals surface area contributed by atoms with Gasteiger partial charge in [-0.05, 0) is 5.56 Å². The second kappa shape index (κ2) is 5.08. The number of carbonyl (C=O) groups is 1.